The van der Waals surface area contributed by atoms with E-state index in [-0.39, 0.29) is 17.8 Å². The maximum atomic E-state index is 13.6. The number of hydrogen-bond acceptors (Lipinski definition) is 2. The van der Waals surface area contributed by atoms with Gasteiger partial charge in [-0.25, -0.2) is 9.18 Å². The quantitative estimate of drug-likeness (QED) is 0.882. The number of nitrogens with zero attached hydrogens (tertiary/aromatic N) is 1. The molecule has 5 nitrogen and oxygen atoms in total. The average molecular weight is 313 g/mol. The molecular formula is C14H14ClFN2O3. The summed E-state index contributed by atoms with van der Waals surface area (Å²) in [6.45, 7) is 0. The highest BCUT2D eigenvalue weighted by molar-refractivity contribution is 6.30. The van der Waals surface area contributed by atoms with Gasteiger partial charge in [0.2, 0.25) is 0 Å². The normalized spacial score (nSPS) is 27.0. The molecule has 112 valence electrons. The topological polar surface area (TPSA) is 69.6 Å². The number of nitrogens with one attached hydrogen (secondary N) is 1. The standard InChI is InChI=1S/C14H14ClFN2O3/c15-7-1-3-10(16)11(5-7)17-14(21)18-8-2-4-12(18)9(6-8)13(19)20/h1,3,5,8-9,12H,2,4,6H2,(H,17,21)(H,19,20). The van der Waals surface area contributed by atoms with E-state index < -0.39 is 23.7 Å². The summed E-state index contributed by atoms with van der Waals surface area (Å²) in [5.41, 5.74) is 0.00525. The van der Waals surface area contributed by atoms with E-state index in [0.717, 1.165) is 6.42 Å². The van der Waals surface area contributed by atoms with Gasteiger partial charge in [-0.15, -0.1) is 0 Å². The summed E-state index contributed by atoms with van der Waals surface area (Å²) in [5, 5.41) is 12.0. The fourth-order valence-electron chi connectivity index (χ4n) is 3.34. The Morgan fingerprint density at radius 1 is 1.38 bits per heavy atom. The van der Waals surface area contributed by atoms with Crippen molar-refractivity contribution < 1.29 is 19.1 Å². The lowest BCUT2D eigenvalue weighted by molar-refractivity contribution is -0.142. The highest BCUT2D eigenvalue weighted by Crippen LogP contribution is 2.42. The lowest BCUT2D eigenvalue weighted by atomic mass is 9.89. The number of carboxylic acids is 1. The van der Waals surface area contributed by atoms with Crippen LogP contribution in [-0.2, 0) is 4.79 Å². The Hall–Kier alpha value is -1.82. The molecule has 7 heteroatoms. The molecule has 2 bridgehead atoms. The van der Waals surface area contributed by atoms with E-state index in [0.29, 0.717) is 17.9 Å². The van der Waals surface area contributed by atoms with Crippen molar-refractivity contribution in [3.8, 4) is 0 Å². The molecule has 0 radical (unpaired) electrons. The maximum absolute atomic E-state index is 13.6. The molecule has 2 N–H and O–H groups in total. The SMILES string of the molecule is O=C(O)C1CC2CCC1N2C(=O)Nc1cc(Cl)ccc1F. The van der Waals surface area contributed by atoms with E-state index in [4.69, 9.17) is 16.7 Å². The molecular weight excluding hydrogens is 299 g/mol. The number of aliphatic carboxylic acids is 1. The lowest BCUT2D eigenvalue weighted by Gasteiger charge is -2.23. The van der Waals surface area contributed by atoms with Crippen molar-refractivity contribution in [2.45, 2.75) is 31.3 Å². The van der Waals surface area contributed by atoms with E-state index in [2.05, 4.69) is 5.32 Å². The van der Waals surface area contributed by atoms with E-state index >= 15 is 0 Å². The zero-order chi connectivity index (χ0) is 15.1. The Kier molecular flexibility index (Phi) is 3.49. The first kappa shape index (κ1) is 14.1. The van der Waals surface area contributed by atoms with Gasteiger partial charge in [-0.05, 0) is 37.5 Å². The summed E-state index contributed by atoms with van der Waals surface area (Å²) >= 11 is 5.79. The van der Waals surface area contributed by atoms with Gasteiger partial charge in [-0.3, -0.25) is 4.79 Å². The molecule has 21 heavy (non-hydrogen) atoms. The van der Waals surface area contributed by atoms with Gasteiger partial charge < -0.3 is 15.3 Å². The summed E-state index contributed by atoms with van der Waals surface area (Å²) in [5.74, 6) is -1.98. The number of anilines is 1. The van der Waals surface area contributed by atoms with Crippen LogP contribution in [0.1, 0.15) is 19.3 Å². The molecule has 3 atom stereocenters. The Balaban J connectivity index is 1.77. The number of carbonyl (C=O) groups excluding carboxylic acids is 1. The van der Waals surface area contributed by atoms with Crippen molar-refractivity contribution in [3.05, 3.63) is 29.0 Å². The van der Waals surface area contributed by atoms with Crippen molar-refractivity contribution in [3.63, 3.8) is 0 Å². The van der Waals surface area contributed by atoms with Crippen molar-refractivity contribution in [1.82, 2.24) is 4.90 Å². The van der Waals surface area contributed by atoms with Crippen LogP contribution in [0.15, 0.2) is 18.2 Å². The van der Waals surface area contributed by atoms with E-state index in [1.807, 2.05) is 0 Å². The third-order valence-corrected chi connectivity index (χ3v) is 4.49. The second kappa shape index (κ2) is 5.18. The first-order valence-electron chi connectivity index (χ1n) is 6.74. The number of hydrogen-bond donors (Lipinski definition) is 2. The van der Waals surface area contributed by atoms with Crippen LogP contribution in [-0.4, -0.2) is 34.1 Å². The minimum Gasteiger partial charge on any atom is -0.481 e. The summed E-state index contributed by atoms with van der Waals surface area (Å²) in [6, 6.07) is 3.05. The third kappa shape index (κ3) is 2.44. The average Bonchev–Trinajstić information content (AvgIpc) is 3.00. The molecule has 1 aromatic carbocycles. The second-order valence-corrected chi connectivity index (χ2v) is 5.88. The van der Waals surface area contributed by atoms with Gasteiger partial charge in [-0.2, -0.15) is 0 Å². The fourth-order valence-corrected chi connectivity index (χ4v) is 3.52. The summed E-state index contributed by atoms with van der Waals surface area (Å²) in [7, 11) is 0. The Morgan fingerprint density at radius 2 is 2.14 bits per heavy atom. The third-order valence-electron chi connectivity index (χ3n) is 4.26. The molecule has 2 aliphatic heterocycles. The lowest BCUT2D eigenvalue weighted by Crippen LogP contribution is -2.40. The monoisotopic (exact) mass is 312 g/mol. The van der Waals surface area contributed by atoms with Crippen LogP contribution in [0.4, 0.5) is 14.9 Å². The van der Waals surface area contributed by atoms with Crippen LogP contribution in [0.25, 0.3) is 0 Å². The molecule has 0 aliphatic carbocycles. The van der Waals surface area contributed by atoms with Crippen molar-refractivity contribution in [1.29, 1.82) is 0 Å². The van der Waals surface area contributed by atoms with Crippen LogP contribution in [0, 0.1) is 11.7 Å². The van der Waals surface area contributed by atoms with Gasteiger partial charge in [0.15, 0.2) is 0 Å². The molecule has 0 aromatic heterocycles. The van der Waals surface area contributed by atoms with Gasteiger partial charge >= 0.3 is 12.0 Å². The first-order chi connectivity index (χ1) is 9.97. The number of amides is 2. The van der Waals surface area contributed by atoms with Gasteiger partial charge in [0.25, 0.3) is 0 Å². The molecule has 3 unspecified atom stereocenters. The zero-order valence-corrected chi connectivity index (χ0v) is 11.8. The molecule has 3 rings (SSSR count). The number of benzene rings is 1. The molecule has 2 heterocycles. The molecule has 2 fully saturated rings. The van der Waals surface area contributed by atoms with Crippen LogP contribution in [0.2, 0.25) is 5.02 Å². The molecule has 1 aromatic rings. The Labute approximate surface area is 125 Å². The van der Waals surface area contributed by atoms with Gasteiger partial charge in [0.05, 0.1) is 11.6 Å². The van der Waals surface area contributed by atoms with Gasteiger partial charge in [-0.1, -0.05) is 11.6 Å². The molecule has 0 saturated carbocycles. The highest BCUT2D eigenvalue weighted by Gasteiger charge is 2.51. The van der Waals surface area contributed by atoms with E-state index in [1.165, 1.54) is 18.2 Å². The highest BCUT2D eigenvalue weighted by atomic mass is 35.5. The number of urea groups is 1. The minimum atomic E-state index is -0.881. The smallest absolute Gasteiger partial charge is 0.322 e. The number of halogens is 2. The minimum absolute atomic E-state index is 0.00525. The number of rotatable bonds is 2. The Bertz CT molecular complexity index is 610. The number of carboxylic acid groups (broad SMARTS) is 1. The van der Waals surface area contributed by atoms with Crippen LogP contribution >= 0.6 is 11.6 Å². The summed E-state index contributed by atoms with van der Waals surface area (Å²) < 4.78 is 13.6. The maximum Gasteiger partial charge on any atom is 0.322 e. The van der Waals surface area contributed by atoms with Crippen molar-refractivity contribution in [2.24, 2.45) is 5.92 Å². The van der Waals surface area contributed by atoms with Crippen LogP contribution < -0.4 is 5.32 Å². The molecule has 2 amide bonds. The second-order valence-electron chi connectivity index (χ2n) is 5.44. The van der Waals surface area contributed by atoms with Crippen LogP contribution in [0.3, 0.4) is 0 Å². The fraction of sp³-hybridized carbons (Fsp3) is 0.429. The predicted octanol–water partition coefficient (Wildman–Crippen LogP) is 2.95. The Morgan fingerprint density at radius 3 is 2.81 bits per heavy atom. The largest absolute Gasteiger partial charge is 0.481 e. The summed E-state index contributed by atoms with van der Waals surface area (Å²) in [4.78, 5) is 25.0. The van der Waals surface area contributed by atoms with Crippen molar-refractivity contribution in [2.75, 3.05) is 5.32 Å². The van der Waals surface area contributed by atoms with Gasteiger partial charge in [0.1, 0.15) is 5.82 Å². The van der Waals surface area contributed by atoms with E-state index in [1.54, 1.807) is 4.90 Å². The van der Waals surface area contributed by atoms with Crippen LogP contribution in [0.5, 0.6) is 0 Å². The predicted molar refractivity (Wildman–Crippen MR) is 74.8 cm³/mol. The molecule has 0 spiro atoms. The zero-order valence-electron chi connectivity index (χ0n) is 11.1. The molecule has 2 aliphatic rings. The van der Waals surface area contributed by atoms with Crippen molar-refractivity contribution >= 4 is 29.3 Å². The first-order valence-corrected chi connectivity index (χ1v) is 7.12. The molecule has 2 saturated heterocycles. The summed E-state index contributed by atoms with van der Waals surface area (Å²) in [6.07, 6.45) is 1.93. The number of carbonyl (C=O) groups is 2. The van der Waals surface area contributed by atoms with E-state index in [9.17, 15) is 14.0 Å². The van der Waals surface area contributed by atoms with Gasteiger partial charge in [0, 0.05) is 17.1 Å². The number of fused-ring (bicyclic) bond motifs is 2.